The molecule has 1 aromatic heterocycles. The number of nitrogen functional groups attached to an aromatic ring is 1. The molecule has 0 amide bonds. The SMILES string of the molecule is Cc1nc(NCC2(C3CC3)CC2)ccc1N. The van der Waals surface area contributed by atoms with E-state index in [0.29, 0.717) is 5.41 Å². The molecular formula is C13H19N3. The summed E-state index contributed by atoms with van der Waals surface area (Å²) in [5, 5.41) is 3.47. The van der Waals surface area contributed by atoms with Gasteiger partial charge in [-0.1, -0.05) is 0 Å². The standard InChI is InChI=1S/C13H19N3/c1-9-11(14)4-5-12(16-9)15-8-13(6-7-13)10-2-3-10/h4-5,10H,2-3,6-8,14H2,1H3,(H,15,16). The molecule has 0 spiro atoms. The van der Waals surface area contributed by atoms with E-state index in [2.05, 4.69) is 10.3 Å². The normalized spacial score (nSPS) is 21.8. The first-order chi connectivity index (χ1) is 7.70. The lowest BCUT2D eigenvalue weighted by atomic mass is 10.0. The Balaban J connectivity index is 1.63. The minimum absolute atomic E-state index is 0.622. The number of nitrogens with two attached hydrogens (primary N) is 1. The number of hydrogen-bond donors (Lipinski definition) is 2. The summed E-state index contributed by atoms with van der Waals surface area (Å²) >= 11 is 0. The van der Waals surface area contributed by atoms with Crippen molar-refractivity contribution in [2.45, 2.75) is 32.6 Å². The second-order valence-electron chi connectivity index (χ2n) is 5.36. The Morgan fingerprint density at radius 1 is 1.44 bits per heavy atom. The third kappa shape index (κ3) is 1.75. The Hall–Kier alpha value is -1.25. The number of hydrogen-bond acceptors (Lipinski definition) is 3. The van der Waals surface area contributed by atoms with Crippen LogP contribution in [-0.4, -0.2) is 11.5 Å². The second-order valence-corrected chi connectivity index (χ2v) is 5.36. The zero-order valence-corrected chi connectivity index (χ0v) is 9.79. The van der Waals surface area contributed by atoms with E-state index in [9.17, 15) is 0 Å². The number of aromatic nitrogens is 1. The van der Waals surface area contributed by atoms with Gasteiger partial charge in [-0.05, 0) is 56.1 Å². The number of aryl methyl sites for hydroxylation is 1. The summed E-state index contributed by atoms with van der Waals surface area (Å²) in [6.45, 7) is 3.04. The lowest BCUT2D eigenvalue weighted by Crippen LogP contribution is -2.18. The highest BCUT2D eigenvalue weighted by atomic mass is 15.0. The van der Waals surface area contributed by atoms with Crippen molar-refractivity contribution in [1.82, 2.24) is 4.98 Å². The van der Waals surface area contributed by atoms with Crippen molar-refractivity contribution in [1.29, 1.82) is 0 Å². The van der Waals surface area contributed by atoms with Crippen LogP contribution < -0.4 is 11.1 Å². The van der Waals surface area contributed by atoms with E-state index in [-0.39, 0.29) is 0 Å². The van der Waals surface area contributed by atoms with Crippen molar-refractivity contribution in [3.05, 3.63) is 17.8 Å². The minimum Gasteiger partial charge on any atom is -0.397 e. The van der Waals surface area contributed by atoms with E-state index in [1.54, 1.807) is 0 Å². The van der Waals surface area contributed by atoms with Crippen LogP contribution in [0.5, 0.6) is 0 Å². The number of nitrogens with one attached hydrogen (secondary N) is 1. The first-order valence-electron chi connectivity index (χ1n) is 6.17. The zero-order valence-electron chi connectivity index (χ0n) is 9.79. The van der Waals surface area contributed by atoms with E-state index < -0.39 is 0 Å². The van der Waals surface area contributed by atoms with Crippen molar-refractivity contribution < 1.29 is 0 Å². The summed E-state index contributed by atoms with van der Waals surface area (Å²) < 4.78 is 0. The minimum atomic E-state index is 0.622. The van der Waals surface area contributed by atoms with Gasteiger partial charge in [-0.15, -0.1) is 0 Å². The molecule has 16 heavy (non-hydrogen) atoms. The lowest BCUT2D eigenvalue weighted by Gasteiger charge is -2.15. The van der Waals surface area contributed by atoms with Gasteiger partial charge in [0.25, 0.3) is 0 Å². The molecule has 2 aliphatic carbocycles. The van der Waals surface area contributed by atoms with E-state index in [0.717, 1.165) is 29.7 Å². The lowest BCUT2D eigenvalue weighted by molar-refractivity contribution is 0.466. The Kier molecular flexibility index (Phi) is 2.09. The molecule has 0 atom stereocenters. The Morgan fingerprint density at radius 3 is 2.75 bits per heavy atom. The maximum atomic E-state index is 5.75. The molecule has 0 unspecified atom stereocenters. The van der Waals surface area contributed by atoms with Gasteiger partial charge in [0, 0.05) is 6.54 Å². The van der Waals surface area contributed by atoms with Gasteiger partial charge < -0.3 is 11.1 Å². The van der Waals surface area contributed by atoms with E-state index in [4.69, 9.17) is 5.73 Å². The van der Waals surface area contributed by atoms with Gasteiger partial charge in [-0.2, -0.15) is 0 Å². The van der Waals surface area contributed by atoms with Crippen LogP contribution in [0, 0.1) is 18.3 Å². The molecule has 3 nitrogen and oxygen atoms in total. The highest BCUT2D eigenvalue weighted by molar-refractivity contribution is 5.49. The fraction of sp³-hybridized carbons (Fsp3) is 0.615. The van der Waals surface area contributed by atoms with Crippen molar-refractivity contribution in [2.75, 3.05) is 17.6 Å². The topological polar surface area (TPSA) is 50.9 Å². The molecule has 0 aliphatic heterocycles. The van der Waals surface area contributed by atoms with Crippen molar-refractivity contribution in [2.24, 2.45) is 11.3 Å². The van der Waals surface area contributed by atoms with E-state index in [1.165, 1.54) is 25.7 Å². The Labute approximate surface area is 96.4 Å². The summed E-state index contributed by atoms with van der Waals surface area (Å²) in [6.07, 6.45) is 5.68. The molecule has 1 heterocycles. The van der Waals surface area contributed by atoms with Gasteiger partial charge in [-0.25, -0.2) is 4.98 Å². The van der Waals surface area contributed by atoms with E-state index >= 15 is 0 Å². The molecule has 2 saturated carbocycles. The van der Waals surface area contributed by atoms with Crippen molar-refractivity contribution >= 4 is 11.5 Å². The maximum Gasteiger partial charge on any atom is 0.126 e. The van der Waals surface area contributed by atoms with Crippen LogP contribution in [0.1, 0.15) is 31.4 Å². The van der Waals surface area contributed by atoms with Gasteiger partial charge in [0.05, 0.1) is 11.4 Å². The molecule has 0 saturated heterocycles. The predicted molar refractivity (Wildman–Crippen MR) is 66.3 cm³/mol. The average molecular weight is 217 g/mol. The predicted octanol–water partition coefficient (Wildman–Crippen LogP) is 2.57. The molecule has 3 heteroatoms. The van der Waals surface area contributed by atoms with Crippen LogP contribution >= 0.6 is 0 Å². The van der Waals surface area contributed by atoms with Gasteiger partial charge in [0.15, 0.2) is 0 Å². The van der Waals surface area contributed by atoms with Gasteiger partial charge in [0.2, 0.25) is 0 Å². The van der Waals surface area contributed by atoms with Crippen LogP contribution in [0.2, 0.25) is 0 Å². The highest BCUT2D eigenvalue weighted by Crippen LogP contribution is 2.61. The summed E-state index contributed by atoms with van der Waals surface area (Å²) in [7, 11) is 0. The van der Waals surface area contributed by atoms with Crippen LogP contribution in [0.4, 0.5) is 11.5 Å². The summed E-state index contributed by atoms with van der Waals surface area (Å²) in [5.41, 5.74) is 8.06. The average Bonchev–Trinajstić information content (AvgIpc) is 3.13. The quantitative estimate of drug-likeness (QED) is 0.815. The third-order valence-electron chi connectivity index (χ3n) is 4.08. The van der Waals surface area contributed by atoms with Crippen LogP contribution in [0.15, 0.2) is 12.1 Å². The molecule has 2 aliphatic rings. The smallest absolute Gasteiger partial charge is 0.126 e. The molecule has 1 aromatic rings. The molecule has 3 N–H and O–H groups in total. The van der Waals surface area contributed by atoms with E-state index in [1.807, 2.05) is 19.1 Å². The second kappa shape index (κ2) is 3.37. The molecule has 3 rings (SSSR count). The fourth-order valence-corrected chi connectivity index (χ4v) is 2.52. The zero-order chi connectivity index (χ0) is 11.2. The van der Waals surface area contributed by atoms with Crippen LogP contribution in [0.25, 0.3) is 0 Å². The largest absolute Gasteiger partial charge is 0.397 e. The number of nitrogens with zero attached hydrogens (tertiary/aromatic N) is 1. The Bertz CT molecular complexity index is 406. The molecule has 0 aromatic carbocycles. The molecule has 86 valence electrons. The number of pyridine rings is 1. The number of anilines is 2. The monoisotopic (exact) mass is 217 g/mol. The Morgan fingerprint density at radius 2 is 2.19 bits per heavy atom. The molecule has 2 fully saturated rings. The van der Waals surface area contributed by atoms with Gasteiger partial charge in [0.1, 0.15) is 5.82 Å². The van der Waals surface area contributed by atoms with Crippen molar-refractivity contribution in [3.8, 4) is 0 Å². The van der Waals surface area contributed by atoms with Crippen molar-refractivity contribution in [3.63, 3.8) is 0 Å². The van der Waals surface area contributed by atoms with Crippen LogP contribution in [0.3, 0.4) is 0 Å². The van der Waals surface area contributed by atoms with Gasteiger partial charge in [-0.3, -0.25) is 0 Å². The van der Waals surface area contributed by atoms with Gasteiger partial charge >= 0.3 is 0 Å². The first kappa shape index (κ1) is 9.94. The molecular weight excluding hydrogens is 198 g/mol. The fourth-order valence-electron chi connectivity index (χ4n) is 2.52. The summed E-state index contributed by atoms with van der Waals surface area (Å²) in [4.78, 5) is 4.45. The first-order valence-corrected chi connectivity index (χ1v) is 6.17. The third-order valence-corrected chi connectivity index (χ3v) is 4.08. The van der Waals surface area contributed by atoms with Crippen LogP contribution in [-0.2, 0) is 0 Å². The molecule has 0 radical (unpaired) electrons. The summed E-state index contributed by atoms with van der Waals surface area (Å²) in [6, 6.07) is 3.91. The highest BCUT2D eigenvalue weighted by Gasteiger charge is 2.53. The number of rotatable bonds is 4. The summed E-state index contributed by atoms with van der Waals surface area (Å²) in [5.74, 6) is 1.97. The molecule has 0 bridgehead atoms. The maximum absolute atomic E-state index is 5.75.